The van der Waals surface area contributed by atoms with E-state index in [0.29, 0.717) is 27.7 Å². The molecule has 0 aliphatic carbocycles. The van der Waals surface area contributed by atoms with Crippen molar-refractivity contribution < 1.29 is 14.0 Å². The third-order valence-electron chi connectivity index (χ3n) is 6.56. The number of nitrogens with zero attached hydrogens (tertiary/aromatic N) is 1. The molecule has 4 aromatic carbocycles. The lowest BCUT2D eigenvalue weighted by Gasteiger charge is -2.28. The van der Waals surface area contributed by atoms with E-state index in [9.17, 15) is 14.4 Å². The van der Waals surface area contributed by atoms with E-state index < -0.39 is 23.1 Å². The Morgan fingerprint density at radius 3 is 2.06 bits per heavy atom. The number of nitrogens with one attached hydrogen (secondary N) is 1. The smallest absolute Gasteiger partial charge is 0.336 e. The van der Waals surface area contributed by atoms with Crippen molar-refractivity contribution in [2.45, 2.75) is 12.1 Å². The van der Waals surface area contributed by atoms with Crippen LogP contribution in [0.5, 0.6) is 0 Å². The topological polar surface area (TPSA) is 79.6 Å². The normalized spacial score (nSPS) is 15.0. The van der Waals surface area contributed by atoms with Crippen LogP contribution in [-0.2, 0) is 16.9 Å². The molecule has 1 fully saturated rings. The van der Waals surface area contributed by atoms with Crippen molar-refractivity contribution in [3.63, 3.8) is 0 Å². The number of amides is 3. The van der Waals surface area contributed by atoms with Crippen LogP contribution >= 0.6 is 0 Å². The number of urea groups is 1. The molecule has 0 spiro atoms. The first kappa shape index (κ1) is 20.9. The minimum Gasteiger partial charge on any atom is -0.423 e. The molecule has 5 aromatic rings. The van der Waals surface area contributed by atoms with Gasteiger partial charge in [-0.05, 0) is 33.5 Å². The van der Waals surface area contributed by atoms with Crippen molar-refractivity contribution in [3.8, 4) is 0 Å². The molecule has 0 radical (unpaired) electrons. The van der Waals surface area contributed by atoms with Gasteiger partial charge < -0.3 is 9.73 Å². The van der Waals surface area contributed by atoms with Crippen molar-refractivity contribution >= 4 is 33.7 Å². The number of imide groups is 1. The Hall–Kier alpha value is -4.71. The Bertz CT molecular complexity index is 1620. The molecule has 6 rings (SSSR count). The van der Waals surface area contributed by atoms with Gasteiger partial charge in [0.2, 0.25) is 0 Å². The average molecular weight is 460 g/mol. The molecule has 35 heavy (non-hydrogen) atoms. The molecule has 2 heterocycles. The number of hydrogen-bond donors (Lipinski definition) is 1. The van der Waals surface area contributed by atoms with Gasteiger partial charge in [-0.25, -0.2) is 9.59 Å². The van der Waals surface area contributed by atoms with Crippen LogP contribution < -0.4 is 10.9 Å². The van der Waals surface area contributed by atoms with Crippen LogP contribution in [0.15, 0.2) is 112 Å². The molecule has 1 aliphatic rings. The van der Waals surface area contributed by atoms with Gasteiger partial charge in [0.1, 0.15) is 5.58 Å². The summed E-state index contributed by atoms with van der Waals surface area (Å²) < 4.78 is 5.45. The summed E-state index contributed by atoms with van der Waals surface area (Å²) in [6.07, 6.45) is 0. The Morgan fingerprint density at radius 1 is 0.743 bits per heavy atom. The summed E-state index contributed by atoms with van der Waals surface area (Å²) in [7, 11) is 0. The maximum atomic E-state index is 14.1. The second-order valence-corrected chi connectivity index (χ2v) is 8.55. The number of benzene rings is 4. The second-order valence-electron chi connectivity index (χ2n) is 8.55. The quantitative estimate of drug-likeness (QED) is 0.234. The standard InChI is InChI=1S/C29H20N2O4/c32-25-17-20(26-23-14-8-7-9-19(23)15-16-24(26)35-25)18-31-27(33)29(30-28(31)34,21-10-3-1-4-11-21)22-12-5-2-6-13-22/h1-17H,18H2,(H,30,34). The minimum atomic E-state index is -1.36. The zero-order valence-corrected chi connectivity index (χ0v) is 18.6. The maximum absolute atomic E-state index is 14.1. The summed E-state index contributed by atoms with van der Waals surface area (Å²) in [4.78, 5) is 41.0. The number of carbonyl (C=O) groups excluding carboxylic acids is 2. The van der Waals surface area contributed by atoms with E-state index in [1.54, 1.807) is 6.07 Å². The molecule has 1 aliphatic heterocycles. The largest absolute Gasteiger partial charge is 0.423 e. The SMILES string of the molecule is O=C1NC(c2ccccc2)(c2ccccc2)C(=O)N1Cc1cc(=O)oc2ccc3ccccc3c12. The number of rotatable bonds is 4. The summed E-state index contributed by atoms with van der Waals surface area (Å²) >= 11 is 0. The Labute approximate surface area is 200 Å². The van der Waals surface area contributed by atoms with Crippen molar-refractivity contribution in [2.75, 3.05) is 0 Å². The molecule has 0 saturated carbocycles. The first-order valence-corrected chi connectivity index (χ1v) is 11.3. The van der Waals surface area contributed by atoms with E-state index in [2.05, 4.69) is 5.32 Å². The van der Waals surface area contributed by atoms with E-state index >= 15 is 0 Å². The molecule has 1 saturated heterocycles. The molecule has 6 heteroatoms. The van der Waals surface area contributed by atoms with Gasteiger partial charge in [-0.3, -0.25) is 9.69 Å². The summed E-state index contributed by atoms with van der Waals surface area (Å²) in [5, 5.41) is 5.51. The third kappa shape index (κ3) is 3.22. The summed E-state index contributed by atoms with van der Waals surface area (Å²) in [6.45, 7) is -0.0673. The van der Waals surface area contributed by atoms with Crippen LogP contribution in [0.4, 0.5) is 4.79 Å². The summed E-state index contributed by atoms with van der Waals surface area (Å²) in [5.41, 5.74) is 0.387. The predicted molar refractivity (Wildman–Crippen MR) is 133 cm³/mol. The zero-order chi connectivity index (χ0) is 24.0. The fraction of sp³-hybridized carbons (Fsp3) is 0.0690. The molecule has 1 N–H and O–H groups in total. The van der Waals surface area contributed by atoms with Gasteiger partial charge in [0, 0.05) is 11.5 Å². The Balaban J connectivity index is 1.51. The molecule has 0 bridgehead atoms. The number of hydrogen-bond acceptors (Lipinski definition) is 4. The van der Waals surface area contributed by atoms with Crippen LogP contribution in [0.3, 0.4) is 0 Å². The number of fused-ring (bicyclic) bond motifs is 3. The average Bonchev–Trinajstić information content (AvgIpc) is 3.15. The van der Waals surface area contributed by atoms with E-state index in [-0.39, 0.29) is 6.54 Å². The highest BCUT2D eigenvalue weighted by molar-refractivity contribution is 6.11. The highest BCUT2D eigenvalue weighted by atomic mass is 16.4. The molecule has 6 nitrogen and oxygen atoms in total. The van der Waals surface area contributed by atoms with Crippen LogP contribution in [0.2, 0.25) is 0 Å². The van der Waals surface area contributed by atoms with Gasteiger partial charge in [0.05, 0.1) is 6.54 Å². The van der Waals surface area contributed by atoms with E-state index in [1.165, 1.54) is 11.0 Å². The lowest BCUT2D eigenvalue weighted by atomic mass is 9.82. The summed E-state index contributed by atoms with van der Waals surface area (Å²) in [6, 6.07) is 30.6. The van der Waals surface area contributed by atoms with Crippen molar-refractivity contribution in [3.05, 3.63) is 130 Å². The fourth-order valence-corrected chi connectivity index (χ4v) is 4.97. The Morgan fingerprint density at radius 2 is 1.37 bits per heavy atom. The first-order chi connectivity index (χ1) is 17.1. The van der Waals surface area contributed by atoms with Crippen molar-refractivity contribution in [2.24, 2.45) is 0 Å². The zero-order valence-electron chi connectivity index (χ0n) is 18.6. The molecule has 170 valence electrons. The van der Waals surface area contributed by atoms with E-state index in [1.807, 2.05) is 91.0 Å². The van der Waals surface area contributed by atoms with Gasteiger partial charge in [-0.15, -0.1) is 0 Å². The van der Waals surface area contributed by atoms with Gasteiger partial charge in [0.25, 0.3) is 5.91 Å². The number of carbonyl (C=O) groups is 2. The van der Waals surface area contributed by atoms with Crippen LogP contribution in [0.1, 0.15) is 16.7 Å². The second kappa shape index (κ2) is 7.95. The Kier molecular flexibility index (Phi) is 4.74. The monoisotopic (exact) mass is 460 g/mol. The van der Waals surface area contributed by atoms with Crippen molar-refractivity contribution in [1.29, 1.82) is 0 Å². The lowest BCUT2D eigenvalue weighted by molar-refractivity contribution is -0.130. The van der Waals surface area contributed by atoms with Gasteiger partial charge in [-0.1, -0.05) is 91.0 Å². The highest BCUT2D eigenvalue weighted by Gasteiger charge is 2.53. The lowest BCUT2D eigenvalue weighted by Crippen LogP contribution is -2.45. The molecule has 0 atom stereocenters. The van der Waals surface area contributed by atoms with Crippen LogP contribution in [0, 0.1) is 0 Å². The van der Waals surface area contributed by atoms with Crippen LogP contribution in [-0.4, -0.2) is 16.8 Å². The molecular weight excluding hydrogens is 440 g/mol. The van der Waals surface area contributed by atoms with Crippen LogP contribution in [0.25, 0.3) is 21.7 Å². The van der Waals surface area contributed by atoms with Gasteiger partial charge in [0.15, 0.2) is 5.54 Å². The van der Waals surface area contributed by atoms with Gasteiger partial charge >= 0.3 is 11.7 Å². The van der Waals surface area contributed by atoms with E-state index in [4.69, 9.17) is 4.42 Å². The van der Waals surface area contributed by atoms with Crippen molar-refractivity contribution in [1.82, 2.24) is 10.2 Å². The summed E-state index contributed by atoms with van der Waals surface area (Å²) in [5.74, 6) is -0.401. The first-order valence-electron chi connectivity index (χ1n) is 11.3. The third-order valence-corrected chi connectivity index (χ3v) is 6.56. The molecule has 3 amide bonds. The molecule has 1 aromatic heterocycles. The van der Waals surface area contributed by atoms with Gasteiger partial charge in [-0.2, -0.15) is 0 Å². The predicted octanol–water partition coefficient (Wildman–Crippen LogP) is 4.94. The maximum Gasteiger partial charge on any atom is 0.336 e. The highest BCUT2D eigenvalue weighted by Crippen LogP contribution is 2.37. The minimum absolute atomic E-state index is 0.0673. The van der Waals surface area contributed by atoms with E-state index in [0.717, 1.165) is 10.8 Å². The molecular formula is C29H20N2O4. The molecule has 0 unspecified atom stereocenters. The fourth-order valence-electron chi connectivity index (χ4n) is 4.97.